The Hall–Kier alpha value is -2.14. The van der Waals surface area contributed by atoms with Gasteiger partial charge < -0.3 is 11.1 Å². The molecule has 26 heavy (non-hydrogen) atoms. The zero-order chi connectivity index (χ0) is 18.1. The summed E-state index contributed by atoms with van der Waals surface area (Å²) in [5.41, 5.74) is 8.51. The number of thiophene rings is 1. The van der Waals surface area contributed by atoms with Gasteiger partial charge in [0.1, 0.15) is 5.00 Å². The van der Waals surface area contributed by atoms with Gasteiger partial charge in [-0.3, -0.25) is 9.59 Å². The number of hydrogen-bond donors (Lipinski definition) is 2. The van der Waals surface area contributed by atoms with Crippen LogP contribution in [0.4, 0.5) is 5.00 Å². The van der Waals surface area contributed by atoms with Crippen molar-refractivity contribution in [3.8, 4) is 0 Å². The van der Waals surface area contributed by atoms with Gasteiger partial charge >= 0.3 is 0 Å². The fourth-order valence-corrected chi connectivity index (χ4v) is 5.32. The third-order valence-corrected chi connectivity index (χ3v) is 6.72. The summed E-state index contributed by atoms with van der Waals surface area (Å²) in [6, 6.07) is 10.1. The minimum absolute atomic E-state index is 0.00979. The molecular formula is C21H24N2O2S. The Morgan fingerprint density at radius 3 is 2.50 bits per heavy atom. The van der Waals surface area contributed by atoms with E-state index in [1.807, 2.05) is 18.2 Å². The monoisotopic (exact) mass is 368 g/mol. The average molecular weight is 369 g/mol. The Kier molecular flexibility index (Phi) is 4.81. The van der Waals surface area contributed by atoms with Gasteiger partial charge in [0.05, 0.1) is 5.56 Å². The molecule has 4 rings (SSSR count). The van der Waals surface area contributed by atoms with Crippen LogP contribution in [0.25, 0.3) is 0 Å². The highest BCUT2D eigenvalue weighted by Gasteiger charge is 2.44. The minimum Gasteiger partial charge on any atom is -0.365 e. The van der Waals surface area contributed by atoms with Gasteiger partial charge in [-0.25, -0.2) is 0 Å². The molecule has 2 aliphatic rings. The zero-order valence-electron chi connectivity index (χ0n) is 14.8. The number of carbonyl (C=O) groups is 2. The highest BCUT2D eigenvalue weighted by atomic mass is 32.1. The summed E-state index contributed by atoms with van der Waals surface area (Å²) in [4.78, 5) is 26.0. The van der Waals surface area contributed by atoms with Crippen LogP contribution in [0.1, 0.15) is 64.4 Å². The van der Waals surface area contributed by atoms with E-state index in [1.54, 1.807) is 11.3 Å². The van der Waals surface area contributed by atoms with Crippen molar-refractivity contribution in [2.75, 3.05) is 5.32 Å². The molecule has 0 aliphatic heterocycles. The molecule has 1 aromatic carbocycles. The van der Waals surface area contributed by atoms with Gasteiger partial charge in [-0.2, -0.15) is 0 Å². The van der Waals surface area contributed by atoms with Gasteiger partial charge in [-0.1, -0.05) is 43.2 Å². The fraction of sp³-hybridized carbons (Fsp3) is 0.429. The van der Waals surface area contributed by atoms with E-state index in [0.29, 0.717) is 10.6 Å². The molecule has 2 aliphatic carbocycles. The molecule has 1 fully saturated rings. The van der Waals surface area contributed by atoms with Crippen molar-refractivity contribution in [1.29, 1.82) is 0 Å². The van der Waals surface area contributed by atoms with Crippen LogP contribution in [0, 0.1) is 5.92 Å². The van der Waals surface area contributed by atoms with Crippen molar-refractivity contribution in [2.45, 2.75) is 50.9 Å². The highest BCUT2D eigenvalue weighted by molar-refractivity contribution is 7.17. The van der Waals surface area contributed by atoms with Gasteiger partial charge in [0.15, 0.2) is 0 Å². The van der Waals surface area contributed by atoms with E-state index < -0.39 is 5.91 Å². The van der Waals surface area contributed by atoms with Gasteiger partial charge in [0, 0.05) is 10.8 Å². The lowest BCUT2D eigenvalue weighted by Crippen LogP contribution is -2.19. The van der Waals surface area contributed by atoms with Crippen LogP contribution in [0.2, 0.25) is 0 Å². The van der Waals surface area contributed by atoms with Crippen LogP contribution in [0.5, 0.6) is 0 Å². The first kappa shape index (κ1) is 17.3. The van der Waals surface area contributed by atoms with Crippen LogP contribution in [-0.4, -0.2) is 11.8 Å². The predicted octanol–water partition coefficient (Wildman–Crippen LogP) is 4.25. The first-order valence-electron chi connectivity index (χ1n) is 9.45. The molecule has 0 bridgehead atoms. The van der Waals surface area contributed by atoms with E-state index in [4.69, 9.17) is 5.73 Å². The summed E-state index contributed by atoms with van der Waals surface area (Å²) in [7, 11) is 0. The summed E-state index contributed by atoms with van der Waals surface area (Å²) in [6.07, 6.45) is 7.37. The van der Waals surface area contributed by atoms with Crippen molar-refractivity contribution in [2.24, 2.45) is 11.7 Å². The standard InChI is InChI=1S/C21H24N2O2S/c22-19(24)18-14-10-6-1-2-7-11-17(14)26-21(18)23-20(25)16-12-15(16)13-8-4-3-5-9-13/h3-5,8-9,15-16H,1-2,6-7,10-12H2,(H2,22,24)(H,23,25)/t15-,16+/m1/s1. The lowest BCUT2D eigenvalue weighted by molar-refractivity contribution is -0.117. The summed E-state index contributed by atoms with van der Waals surface area (Å²) in [5.74, 6) is -0.138. The second-order valence-corrected chi connectivity index (χ2v) is 8.44. The number of anilines is 1. The molecule has 2 atom stereocenters. The van der Waals surface area contributed by atoms with Crippen LogP contribution in [0.3, 0.4) is 0 Å². The van der Waals surface area contributed by atoms with Crippen molar-refractivity contribution in [1.82, 2.24) is 0 Å². The number of nitrogens with two attached hydrogens (primary N) is 1. The number of aryl methyl sites for hydroxylation is 1. The summed E-state index contributed by atoms with van der Waals surface area (Å²) in [5, 5.41) is 3.69. The fourth-order valence-electron chi connectivity index (χ4n) is 4.03. The summed E-state index contributed by atoms with van der Waals surface area (Å²) < 4.78 is 0. The van der Waals surface area contributed by atoms with Gasteiger partial charge in [0.2, 0.25) is 5.91 Å². The number of benzene rings is 1. The molecule has 3 N–H and O–H groups in total. The molecule has 0 saturated heterocycles. The van der Waals surface area contributed by atoms with Crippen molar-refractivity contribution in [3.63, 3.8) is 0 Å². The number of primary amides is 1. The Bertz CT molecular complexity index is 828. The van der Waals surface area contributed by atoms with E-state index in [9.17, 15) is 9.59 Å². The second-order valence-electron chi connectivity index (χ2n) is 7.34. The van der Waals surface area contributed by atoms with Crippen LogP contribution >= 0.6 is 11.3 Å². The molecule has 1 aromatic heterocycles. The van der Waals surface area contributed by atoms with Crippen molar-refractivity contribution in [3.05, 3.63) is 51.9 Å². The van der Waals surface area contributed by atoms with Gasteiger partial charge in [-0.05, 0) is 49.1 Å². The van der Waals surface area contributed by atoms with Crippen LogP contribution in [-0.2, 0) is 17.6 Å². The van der Waals surface area contributed by atoms with E-state index in [2.05, 4.69) is 17.4 Å². The maximum atomic E-state index is 12.7. The van der Waals surface area contributed by atoms with Crippen molar-refractivity contribution < 1.29 is 9.59 Å². The van der Waals surface area contributed by atoms with E-state index in [-0.39, 0.29) is 17.7 Å². The topological polar surface area (TPSA) is 72.2 Å². The maximum absolute atomic E-state index is 12.7. The molecule has 0 unspecified atom stereocenters. The lowest BCUT2D eigenvalue weighted by atomic mass is 9.96. The molecular weight excluding hydrogens is 344 g/mol. The molecule has 2 amide bonds. The predicted molar refractivity (Wildman–Crippen MR) is 105 cm³/mol. The molecule has 5 heteroatoms. The third kappa shape index (κ3) is 3.40. The zero-order valence-corrected chi connectivity index (χ0v) is 15.6. The number of hydrogen-bond acceptors (Lipinski definition) is 3. The summed E-state index contributed by atoms with van der Waals surface area (Å²) in [6.45, 7) is 0. The molecule has 2 aromatic rings. The Morgan fingerprint density at radius 1 is 1.04 bits per heavy atom. The molecule has 136 valence electrons. The number of fused-ring (bicyclic) bond motifs is 1. The first-order valence-corrected chi connectivity index (χ1v) is 10.3. The van der Waals surface area contributed by atoms with E-state index in [1.165, 1.54) is 23.3 Å². The molecule has 0 spiro atoms. The lowest BCUT2D eigenvalue weighted by Gasteiger charge is -2.10. The molecule has 1 saturated carbocycles. The van der Waals surface area contributed by atoms with Crippen molar-refractivity contribution >= 4 is 28.2 Å². The third-order valence-electron chi connectivity index (χ3n) is 5.51. The first-order chi connectivity index (χ1) is 12.6. The maximum Gasteiger partial charge on any atom is 0.251 e. The summed E-state index contributed by atoms with van der Waals surface area (Å²) >= 11 is 1.55. The van der Waals surface area contributed by atoms with Gasteiger partial charge in [0.25, 0.3) is 5.91 Å². The largest absolute Gasteiger partial charge is 0.365 e. The van der Waals surface area contributed by atoms with E-state index >= 15 is 0 Å². The number of carbonyl (C=O) groups excluding carboxylic acids is 2. The number of nitrogens with one attached hydrogen (secondary N) is 1. The van der Waals surface area contributed by atoms with E-state index in [0.717, 1.165) is 37.7 Å². The number of amides is 2. The average Bonchev–Trinajstić information content (AvgIpc) is 3.35. The van der Waals surface area contributed by atoms with Crippen LogP contribution < -0.4 is 11.1 Å². The Labute approximate surface area is 157 Å². The second kappa shape index (κ2) is 7.23. The molecule has 1 heterocycles. The molecule has 4 nitrogen and oxygen atoms in total. The van der Waals surface area contributed by atoms with Crippen LogP contribution in [0.15, 0.2) is 30.3 Å². The highest BCUT2D eigenvalue weighted by Crippen LogP contribution is 2.48. The minimum atomic E-state index is -0.422. The Morgan fingerprint density at radius 2 is 1.77 bits per heavy atom. The quantitative estimate of drug-likeness (QED) is 0.847. The smallest absolute Gasteiger partial charge is 0.251 e. The Balaban J connectivity index is 1.54. The van der Waals surface area contributed by atoms with Gasteiger partial charge in [-0.15, -0.1) is 11.3 Å². The SMILES string of the molecule is NC(=O)c1c(NC(=O)[C@H]2C[C@@H]2c2ccccc2)sc2c1CCCCCC2. The molecule has 0 radical (unpaired) electrons. The normalized spacial score (nSPS) is 22.0. The number of rotatable bonds is 4.